The highest BCUT2D eigenvalue weighted by molar-refractivity contribution is 7.80. The molecule has 0 aromatic heterocycles. The molecule has 0 bridgehead atoms. The maximum atomic E-state index is 11.8. The summed E-state index contributed by atoms with van der Waals surface area (Å²) in [5.41, 5.74) is 4.36. The minimum absolute atomic E-state index is 0.340. The first-order valence-corrected chi connectivity index (χ1v) is 7.83. The number of carbonyl (C=O) groups is 1. The van der Waals surface area contributed by atoms with Gasteiger partial charge in [0.15, 0.2) is 5.11 Å². The van der Waals surface area contributed by atoms with Gasteiger partial charge in [-0.2, -0.15) is 0 Å². The maximum absolute atomic E-state index is 11.8. The summed E-state index contributed by atoms with van der Waals surface area (Å²) in [6, 6.07) is 13.3. The molecule has 4 nitrogen and oxygen atoms in total. The number of thiocarbonyl (C=S) groups is 1. The molecule has 2 rings (SSSR count). The van der Waals surface area contributed by atoms with Crippen molar-refractivity contribution in [2.45, 2.75) is 20.8 Å². The molecule has 0 saturated heterocycles. The Hall–Kier alpha value is -2.40. The van der Waals surface area contributed by atoms with Gasteiger partial charge in [-0.3, -0.25) is 0 Å². The van der Waals surface area contributed by atoms with Crippen molar-refractivity contribution in [3.05, 3.63) is 59.2 Å². The lowest BCUT2D eigenvalue weighted by Crippen LogP contribution is -2.20. The van der Waals surface area contributed by atoms with Gasteiger partial charge in [-0.1, -0.05) is 23.8 Å². The summed E-state index contributed by atoms with van der Waals surface area (Å²) >= 11 is 5.33. The fraction of sp³-hybridized carbons (Fsp3) is 0.222. The molecule has 0 fully saturated rings. The van der Waals surface area contributed by atoms with E-state index < -0.39 is 0 Å². The maximum Gasteiger partial charge on any atom is 0.338 e. The van der Waals surface area contributed by atoms with E-state index in [0.29, 0.717) is 17.3 Å². The smallest absolute Gasteiger partial charge is 0.338 e. The van der Waals surface area contributed by atoms with Gasteiger partial charge >= 0.3 is 5.97 Å². The Balaban J connectivity index is 2.09. The van der Waals surface area contributed by atoms with Crippen LogP contribution >= 0.6 is 12.2 Å². The molecule has 120 valence electrons. The average Bonchev–Trinajstić information content (AvgIpc) is 2.52. The SMILES string of the molecule is CCOC(=O)c1ccc(C)c(NC(=S)Nc2ccc(C)cc2)c1. The van der Waals surface area contributed by atoms with Crippen LogP contribution in [0.4, 0.5) is 11.4 Å². The van der Waals surface area contributed by atoms with Crippen LogP contribution in [-0.2, 0) is 4.74 Å². The van der Waals surface area contributed by atoms with E-state index in [0.717, 1.165) is 16.9 Å². The molecule has 2 aromatic carbocycles. The molecule has 5 heteroatoms. The van der Waals surface area contributed by atoms with Crippen molar-refractivity contribution in [2.24, 2.45) is 0 Å². The summed E-state index contributed by atoms with van der Waals surface area (Å²) in [4.78, 5) is 11.8. The highest BCUT2D eigenvalue weighted by Gasteiger charge is 2.09. The Morgan fingerprint density at radius 1 is 1.09 bits per heavy atom. The van der Waals surface area contributed by atoms with Crippen LogP contribution in [0.3, 0.4) is 0 Å². The zero-order valence-electron chi connectivity index (χ0n) is 13.5. The van der Waals surface area contributed by atoms with Crippen molar-refractivity contribution in [3.8, 4) is 0 Å². The number of nitrogens with one attached hydrogen (secondary N) is 2. The number of rotatable bonds is 4. The Kier molecular flexibility index (Phi) is 5.71. The molecule has 0 heterocycles. The van der Waals surface area contributed by atoms with Gasteiger partial charge in [0.05, 0.1) is 12.2 Å². The van der Waals surface area contributed by atoms with E-state index in [4.69, 9.17) is 17.0 Å². The molecular formula is C18H20N2O2S. The van der Waals surface area contributed by atoms with E-state index in [2.05, 4.69) is 10.6 Å². The molecule has 0 aliphatic carbocycles. The molecule has 0 spiro atoms. The lowest BCUT2D eigenvalue weighted by Gasteiger charge is -2.14. The van der Waals surface area contributed by atoms with Gasteiger partial charge < -0.3 is 15.4 Å². The number of anilines is 2. The third-order valence-corrected chi connectivity index (χ3v) is 3.51. The van der Waals surface area contributed by atoms with Crippen molar-refractivity contribution >= 4 is 34.7 Å². The summed E-state index contributed by atoms with van der Waals surface area (Å²) in [7, 11) is 0. The Morgan fingerprint density at radius 2 is 1.78 bits per heavy atom. The number of hydrogen-bond donors (Lipinski definition) is 2. The highest BCUT2D eigenvalue weighted by atomic mass is 32.1. The van der Waals surface area contributed by atoms with Gasteiger partial charge in [-0.25, -0.2) is 4.79 Å². The number of ether oxygens (including phenoxy) is 1. The van der Waals surface area contributed by atoms with Crippen molar-refractivity contribution in [2.75, 3.05) is 17.2 Å². The van der Waals surface area contributed by atoms with E-state index in [9.17, 15) is 4.79 Å². The van der Waals surface area contributed by atoms with E-state index >= 15 is 0 Å². The predicted molar refractivity (Wildman–Crippen MR) is 98.2 cm³/mol. The number of hydrogen-bond acceptors (Lipinski definition) is 3. The summed E-state index contributed by atoms with van der Waals surface area (Å²) in [5, 5.41) is 6.72. The fourth-order valence-electron chi connectivity index (χ4n) is 2.02. The average molecular weight is 328 g/mol. The summed E-state index contributed by atoms with van der Waals surface area (Å²) in [5.74, 6) is -0.340. The number of carbonyl (C=O) groups excluding carboxylic acids is 1. The lowest BCUT2D eigenvalue weighted by molar-refractivity contribution is 0.0526. The third-order valence-electron chi connectivity index (χ3n) is 3.31. The van der Waals surface area contributed by atoms with Gasteiger partial charge in [-0.15, -0.1) is 0 Å². The van der Waals surface area contributed by atoms with E-state index in [1.165, 1.54) is 5.56 Å². The van der Waals surface area contributed by atoms with E-state index in [-0.39, 0.29) is 5.97 Å². The van der Waals surface area contributed by atoms with Crippen LogP contribution in [0.15, 0.2) is 42.5 Å². The second kappa shape index (κ2) is 7.74. The van der Waals surface area contributed by atoms with Crippen LogP contribution in [0, 0.1) is 13.8 Å². The summed E-state index contributed by atoms with van der Waals surface area (Å²) in [6.07, 6.45) is 0. The number of esters is 1. The van der Waals surface area contributed by atoms with E-state index in [1.54, 1.807) is 19.1 Å². The Labute approximate surface area is 141 Å². The van der Waals surface area contributed by atoms with Gasteiger partial charge in [0.1, 0.15) is 0 Å². The van der Waals surface area contributed by atoms with Crippen LogP contribution in [0.2, 0.25) is 0 Å². The number of aryl methyl sites for hydroxylation is 2. The van der Waals surface area contributed by atoms with Crippen LogP contribution in [-0.4, -0.2) is 17.7 Å². The third kappa shape index (κ3) is 4.79. The van der Waals surface area contributed by atoms with Gasteiger partial charge in [0, 0.05) is 11.4 Å². The molecule has 2 aromatic rings. The molecule has 0 radical (unpaired) electrons. The minimum atomic E-state index is -0.340. The van der Waals surface area contributed by atoms with E-state index in [1.807, 2.05) is 44.2 Å². The molecular weight excluding hydrogens is 308 g/mol. The molecule has 0 atom stereocenters. The number of benzene rings is 2. The predicted octanol–water partition coefficient (Wildman–Crippen LogP) is 4.29. The van der Waals surface area contributed by atoms with Crippen molar-refractivity contribution < 1.29 is 9.53 Å². The van der Waals surface area contributed by atoms with Gasteiger partial charge in [0.25, 0.3) is 0 Å². The molecule has 2 N–H and O–H groups in total. The summed E-state index contributed by atoms with van der Waals surface area (Å²) < 4.78 is 5.02. The molecule has 0 aliphatic heterocycles. The van der Waals surface area contributed by atoms with Crippen LogP contribution < -0.4 is 10.6 Å². The van der Waals surface area contributed by atoms with Crippen molar-refractivity contribution in [3.63, 3.8) is 0 Å². The highest BCUT2D eigenvalue weighted by Crippen LogP contribution is 2.18. The molecule has 0 unspecified atom stereocenters. The molecule has 0 saturated carbocycles. The molecule has 0 amide bonds. The Bertz CT molecular complexity index is 711. The zero-order chi connectivity index (χ0) is 16.8. The van der Waals surface area contributed by atoms with Crippen molar-refractivity contribution in [1.82, 2.24) is 0 Å². The normalized spacial score (nSPS) is 10.0. The Morgan fingerprint density at radius 3 is 2.43 bits per heavy atom. The van der Waals surface area contributed by atoms with Crippen LogP contribution in [0.25, 0.3) is 0 Å². The topological polar surface area (TPSA) is 50.4 Å². The second-order valence-electron chi connectivity index (χ2n) is 5.20. The van der Waals surface area contributed by atoms with Crippen LogP contribution in [0.1, 0.15) is 28.4 Å². The quantitative estimate of drug-likeness (QED) is 0.648. The molecule has 0 aliphatic rings. The summed E-state index contributed by atoms with van der Waals surface area (Å²) in [6.45, 7) is 6.12. The van der Waals surface area contributed by atoms with Gasteiger partial charge in [-0.05, 0) is 62.8 Å². The monoisotopic (exact) mass is 328 g/mol. The lowest BCUT2D eigenvalue weighted by atomic mass is 10.1. The first-order valence-electron chi connectivity index (χ1n) is 7.42. The molecule has 23 heavy (non-hydrogen) atoms. The first kappa shape index (κ1) is 17.0. The van der Waals surface area contributed by atoms with Crippen LogP contribution in [0.5, 0.6) is 0 Å². The second-order valence-corrected chi connectivity index (χ2v) is 5.60. The minimum Gasteiger partial charge on any atom is -0.462 e. The first-order chi connectivity index (χ1) is 11.0. The van der Waals surface area contributed by atoms with Gasteiger partial charge in [0.2, 0.25) is 0 Å². The standard InChI is InChI=1S/C18H20N2O2S/c1-4-22-17(21)14-8-7-13(3)16(11-14)20-18(23)19-15-9-5-12(2)6-10-15/h5-11H,4H2,1-3H3,(H2,19,20,23). The fourth-order valence-corrected chi connectivity index (χ4v) is 2.25. The zero-order valence-corrected chi connectivity index (χ0v) is 14.3. The largest absolute Gasteiger partial charge is 0.462 e. The van der Waals surface area contributed by atoms with Crippen molar-refractivity contribution in [1.29, 1.82) is 0 Å².